The molecule has 0 radical (unpaired) electrons. The van der Waals surface area contributed by atoms with Gasteiger partial charge in [-0.15, -0.1) is 0 Å². The molecule has 0 heterocycles. The molecular weight excluding hydrogens is 174 g/mol. The lowest BCUT2D eigenvalue weighted by Crippen LogP contribution is -2.42. The molecule has 14 heavy (non-hydrogen) atoms. The van der Waals surface area contributed by atoms with Gasteiger partial charge in [-0.25, -0.2) is 0 Å². The molecule has 1 fully saturated rings. The summed E-state index contributed by atoms with van der Waals surface area (Å²) in [6.45, 7) is 4.53. The van der Waals surface area contributed by atoms with Crippen molar-refractivity contribution in [2.75, 3.05) is 7.05 Å². The Hall–Kier alpha value is -0.0800. The van der Waals surface area contributed by atoms with Crippen LogP contribution in [0.1, 0.15) is 52.4 Å². The van der Waals surface area contributed by atoms with Crippen LogP contribution < -0.4 is 0 Å². The Morgan fingerprint density at radius 2 is 2.14 bits per heavy atom. The zero-order valence-electron chi connectivity index (χ0n) is 9.87. The van der Waals surface area contributed by atoms with Crippen LogP contribution in [0.3, 0.4) is 0 Å². The van der Waals surface area contributed by atoms with E-state index in [2.05, 4.69) is 25.8 Å². The SMILES string of the molecule is CCCC(C)N(C)C1CCCC(O)C1. The summed E-state index contributed by atoms with van der Waals surface area (Å²) in [7, 11) is 2.21. The van der Waals surface area contributed by atoms with Crippen molar-refractivity contribution in [3.63, 3.8) is 0 Å². The van der Waals surface area contributed by atoms with Gasteiger partial charge in [0.1, 0.15) is 0 Å². The quantitative estimate of drug-likeness (QED) is 0.751. The van der Waals surface area contributed by atoms with E-state index in [0.717, 1.165) is 12.8 Å². The van der Waals surface area contributed by atoms with Crippen LogP contribution >= 0.6 is 0 Å². The Labute approximate surface area is 88.3 Å². The van der Waals surface area contributed by atoms with Crippen molar-refractivity contribution in [1.29, 1.82) is 0 Å². The highest BCUT2D eigenvalue weighted by molar-refractivity contribution is 4.80. The molecule has 1 rings (SSSR count). The number of hydrogen-bond acceptors (Lipinski definition) is 2. The standard InChI is InChI=1S/C12H25NO/c1-4-6-10(2)13(3)11-7-5-8-12(14)9-11/h10-12,14H,4-9H2,1-3H3. The van der Waals surface area contributed by atoms with E-state index in [0.29, 0.717) is 12.1 Å². The fraction of sp³-hybridized carbons (Fsp3) is 1.00. The maximum Gasteiger partial charge on any atom is 0.0555 e. The first-order valence-electron chi connectivity index (χ1n) is 6.05. The van der Waals surface area contributed by atoms with Gasteiger partial charge in [-0.2, -0.15) is 0 Å². The highest BCUT2D eigenvalue weighted by atomic mass is 16.3. The maximum absolute atomic E-state index is 9.61. The number of nitrogens with zero attached hydrogens (tertiary/aromatic N) is 1. The third kappa shape index (κ3) is 3.25. The van der Waals surface area contributed by atoms with E-state index in [-0.39, 0.29) is 6.10 Å². The van der Waals surface area contributed by atoms with Crippen molar-refractivity contribution < 1.29 is 5.11 Å². The fourth-order valence-corrected chi connectivity index (χ4v) is 2.49. The molecule has 2 nitrogen and oxygen atoms in total. The van der Waals surface area contributed by atoms with Gasteiger partial charge in [-0.3, -0.25) is 0 Å². The highest BCUT2D eigenvalue weighted by Gasteiger charge is 2.25. The number of hydrogen-bond donors (Lipinski definition) is 1. The zero-order valence-corrected chi connectivity index (χ0v) is 9.87. The van der Waals surface area contributed by atoms with Crippen LogP contribution in [0, 0.1) is 0 Å². The summed E-state index contributed by atoms with van der Waals surface area (Å²) >= 11 is 0. The van der Waals surface area contributed by atoms with Crippen LogP contribution in [0.4, 0.5) is 0 Å². The van der Waals surface area contributed by atoms with Gasteiger partial charge in [0.05, 0.1) is 6.10 Å². The normalized spacial score (nSPS) is 30.6. The molecule has 3 atom stereocenters. The lowest BCUT2D eigenvalue weighted by molar-refractivity contribution is 0.0563. The zero-order chi connectivity index (χ0) is 10.6. The Morgan fingerprint density at radius 1 is 1.43 bits per heavy atom. The van der Waals surface area contributed by atoms with Crippen LogP contribution in [-0.2, 0) is 0 Å². The second-order valence-corrected chi connectivity index (χ2v) is 4.78. The van der Waals surface area contributed by atoms with Gasteiger partial charge < -0.3 is 10.0 Å². The van der Waals surface area contributed by atoms with E-state index in [9.17, 15) is 5.11 Å². The average molecular weight is 199 g/mol. The lowest BCUT2D eigenvalue weighted by atomic mass is 9.91. The Kier molecular flexibility index (Phi) is 4.90. The minimum atomic E-state index is -0.0509. The van der Waals surface area contributed by atoms with Crippen molar-refractivity contribution >= 4 is 0 Å². The second kappa shape index (κ2) is 5.72. The fourth-order valence-electron chi connectivity index (χ4n) is 2.49. The van der Waals surface area contributed by atoms with Crippen molar-refractivity contribution in [3.05, 3.63) is 0 Å². The minimum Gasteiger partial charge on any atom is -0.393 e. The van der Waals surface area contributed by atoms with Gasteiger partial charge in [0.2, 0.25) is 0 Å². The molecular formula is C12H25NO. The van der Waals surface area contributed by atoms with Gasteiger partial charge in [-0.1, -0.05) is 13.3 Å². The summed E-state index contributed by atoms with van der Waals surface area (Å²) in [6, 6.07) is 1.27. The van der Waals surface area contributed by atoms with Crippen molar-refractivity contribution in [2.45, 2.75) is 70.6 Å². The molecule has 0 aromatic carbocycles. The van der Waals surface area contributed by atoms with Gasteiger partial charge in [0, 0.05) is 12.1 Å². The summed E-state index contributed by atoms with van der Waals surface area (Å²) in [5, 5.41) is 9.61. The molecule has 1 saturated carbocycles. The van der Waals surface area contributed by atoms with E-state index >= 15 is 0 Å². The molecule has 1 aliphatic rings. The molecule has 84 valence electrons. The predicted octanol–water partition coefficient (Wildman–Crippen LogP) is 2.41. The second-order valence-electron chi connectivity index (χ2n) is 4.78. The van der Waals surface area contributed by atoms with Crippen LogP contribution in [0.2, 0.25) is 0 Å². The van der Waals surface area contributed by atoms with Gasteiger partial charge >= 0.3 is 0 Å². The lowest BCUT2D eigenvalue weighted by Gasteiger charge is -2.37. The predicted molar refractivity (Wildman–Crippen MR) is 60.4 cm³/mol. The summed E-state index contributed by atoms with van der Waals surface area (Å²) in [6.07, 6.45) is 6.91. The largest absolute Gasteiger partial charge is 0.393 e. The molecule has 3 unspecified atom stereocenters. The van der Waals surface area contributed by atoms with E-state index in [4.69, 9.17) is 0 Å². The number of aliphatic hydroxyl groups is 1. The average Bonchev–Trinajstić information content (AvgIpc) is 2.17. The molecule has 0 aliphatic heterocycles. The molecule has 0 amide bonds. The summed E-state index contributed by atoms with van der Waals surface area (Å²) in [5.41, 5.74) is 0. The Bertz CT molecular complexity index is 160. The molecule has 1 N–H and O–H groups in total. The summed E-state index contributed by atoms with van der Waals surface area (Å²) in [5.74, 6) is 0. The van der Waals surface area contributed by atoms with E-state index in [1.54, 1.807) is 0 Å². The van der Waals surface area contributed by atoms with Crippen molar-refractivity contribution in [3.8, 4) is 0 Å². The molecule has 1 aliphatic carbocycles. The van der Waals surface area contributed by atoms with Crippen LogP contribution in [-0.4, -0.2) is 35.2 Å². The van der Waals surface area contributed by atoms with E-state index in [1.807, 2.05) is 0 Å². The highest BCUT2D eigenvalue weighted by Crippen LogP contribution is 2.24. The molecule has 0 saturated heterocycles. The Balaban J connectivity index is 2.38. The molecule has 0 spiro atoms. The number of rotatable bonds is 4. The third-order valence-corrected chi connectivity index (χ3v) is 3.60. The van der Waals surface area contributed by atoms with Crippen molar-refractivity contribution in [2.24, 2.45) is 0 Å². The minimum absolute atomic E-state index is 0.0509. The summed E-state index contributed by atoms with van der Waals surface area (Å²) < 4.78 is 0. The molecule has 0 aromatic rings. The first-order chi connectivity index (χ1) is 6.65. The van der Waals surface area contributed by atoms with Crippen LogP contribution in [0.15, 0.2) is 0 Å². The van der Waals surface area contributed by atoms with E-state index < -0.39 is 0 Å². The van der Waals surface area contributed by atoms with Gasteiger partial charge in [0.15, 0.2) is 0 Å². The van der Waals surface area contributed by atoms with E-state index in [1.165, 1.54) is 25.7 Å². The molecule has 0 bridgehead atoms. The number of aliphatic hydroxyl groups excluding tert-OH is 1. The first kappa shape index (κ1) is 12.0. The van der Waals surface area contributed by atoms with Crippen LogP contribution in [0.5, 0.6) is 0 Å². The van der Waals surface area contributed by atoms with Crippen LogP contribution in [0.25, 0.3) is 0 Å². The maximum atomic E-state index is 9.61. The smallest absolute Gasteiger partial charge is 0.0555 e. The third-order valence-electron chi connectivity index (χ3n) is 3.60. The molecule has 0 aromatic heterocycles. The monoisotopic (exact) mass is 199 g/mol. The first-order valence-corrected chi connectivity index (χ1v) is 6.05. The summed E-state index contributed by atoms with van der Waals surface area (Å²) in [4.78, 5) is 2.46. The van der Waals surface area contributed by atoms with Gasteiger partial charge in [-0.05, 0) is 46.1 Å². The Morgan fingerprint density at radius 3 is 2.71 bits per heavy atom. The van der Waals surface area contributed by atoms with Crippen molar-refractivity contribution in [1.82, 2.24) is 4.90 Å². The molecule has 2 heteroatoms. The topological polar surface area (TPSA) is 23.5 Å². The van der Waals surface area contributed by atoms with Gasteiger partial charge in [0.25, 0.3) is 0 Å².